The predicted octanol–water partition coefficient (Wildman–Crippen LogP) is 17.1. The Morgan fingerprint density at radius 3 is 1.70 bits per heavy atom. The van der Waals surface area contributed by atoms with Gasteiger partial charge >= 0.3 is 0 Å². The quantitative estimate of drug-likeness (QED) is 0.166. The number of anilines is 3. The van der Waals surface area contributed by atoms with Gasteiger partial charge in [-0.1, -0.05) is 158 Å². The smallest absolute Gasteiger partial charge is 0.143 e. The maximum absolute atomic E-state index is 6.96. The van der Waals surface area contributed by atoms with Crippen LogP contribution in [0.25, 0.3) is 86.6 Å². The van der Waals surface area contributed by atoms with Crippen LogP contribution in [-0.4, -0.2) is 0 Å². The maximum atomic E-state index is 6.96. The van der Waals surface area contributed by atoms with Crippen LogP contribution in [0.4, 0.5) is 17.1 Å². The van der Waals surface area contributed by atoms with E-state index in [-0.39, 0.29) is 0 Å². The van der Waals surface area contributed by atoms with Crippen LogP contribution < -0.4 is 9.64 Å². The summed E-state index contributed by atoms with van der Waals surface area (Å²) in [6.45, 7) is 0. The van der Waals surface area contributed by atoms with Crippen molar-refractivity contribution < 1.29 is 4.74 Å². The van der Waals surface area contributed by atoms with E-state index in [0.717, 1.165) is 56.0 Å². The molecule has 0 spiro atoms. The molecule has 0 aliphatic carbocycles. The molecule has 0 unspecified atom stereocenters. The summed E-state index contributed by atoms with van der Waals surface area (Å²) in [7, 11) is 0. The van der Waals surface area contributed by atoms with Crippen LogP contribution in [-0.2, 0) is 0 Å². The number of nitrogens with zero attached hydrogens (tertiary/aromatic N) is 1. The zero-order chi connectivity index (χ0) is 40.3. The van der Waals surface area contributed by atoms with Crippen LogP contribution in [0.5, 0.6) is 11.5 Å². The normalized spacial score (nSPS) is 11.7. The van der Waals surface area contributed by atoms with Crippen molar-refractivity contribution in [2.45, 2.75) is 0 Å². The van der Waals surface area contributed by atoms with Crippen LogP contribution >= 0.6 is 11.3 Å². The number of rotatable bonds is 6. The fourth-order valence-electron chi connectivity index (χ4n) is 9.10. The van der Waals surface area contributed by atoms with E-state index in [1.807, 2.05) is 11.3 Å². The molecular weight excluding hydrogens is 759 g/mol. The molecule has 0 fully saturated rings. The largest absolute Gasteiger partial charge is 0.455 e. The molecule has 2 nitrogen and oxygen atoms in total. The molecule has 61 heavy (non-hydrogen) atoms. The molecule has 0 bridgehead atoms. The zero-order valence-corrected chi connectivity index (χ0v) is 33.9. The highest BCUT2D eigenvalue weighted by atomic mass is 32.1. The molecule has 0 amide bonds. The molecule has 12 rings (SSSR count). The minimum absolute atomic E-state index is 0.857. The first-order valence-corrected chi connectivity index (χ1v) is 21.6. The Morgan fingerprint density at radius 2 is 0.918 bits per heavy atom. The van der Waals surface area contributed by atoms with E-state index in [2.05, 4.69) is 229 Å². The minimum atomic E-state index is 0.857. The average molecular weight is 796 g/mol. The number of para-hydroxylation sites is 1. The highest BCUT2D eigenvalue weighted by Crippen LogP contribution is 2.51. The molecule has 10 aromatic carbocycles. The van der Waals surface area contributed by atoms with Crippen LogP contribution in [0.2, 0.25) is 0 Å². The molecule has 0 atom stereocenters. The van der Waals surface area contributed by atoms with Gasteiger partial charge in [0.2, 0.25) is 0 Å². The van der Waals surface area contributed by atoms with Crippen molar-refractivity contribution in [1.82, 2.24) is 0 Å². The lowest BCUT2D eigenvalue weighted by molar-refractivity contribution is 0.493. The predicted molar refractivity (Wildman–Crippen MR) is 259 cm³/mol. The lowest BCUT2D eigenvalue weighted by Crippen LogP contribution is -2.10. The van der Waals surface area contributed by atoms with E-state index < -0.39 is 0 Å². The van der Waals surface area contributed by atoms with E-state index in [1.165, 1.54) is 59.1 Å². The molecule has 0 radical (unpaired) electrons. The first-order chi connectivity index (χ1) is 30.2. The van der Waals surface area contributed by atoms with Crippen molar-refractivity contribution >= 4 is 59.3 Å². The molecule has 1 aromatic heterocycles. The molecule has 0 saturated carbocycles. The molecule has 2 heterocycles. The van der Waals surface area contributed by atoms with Crippen molar-refractivity contribution in [2.24, 2.45) is 0 Å². The summed E-state index contributed by atoms with van der Waals surface area (Å²) in [4.78, 5) is 2.36. The number of fused-ring (bicyclic) bond motifs is 10. The Balaban J connectivity index is 0.978. The summed E-state index contributed by atoms with van der Waals surface area (Å²) >= 11 is 1.87. The van der Waals surface area contributed by atoms with Gasteiger partial charge in [0, 0.05) is 53.7 Å². The van der Waals surface area contributed by atoms with Crippen LogP contribution in [0, 0.1) is 0 Å². The van der Waals surface area contributed by atoms with Gasteiger partial charge in [-0.05, 0) is 117 Å². The van der Waals surface area contributed by atoms with Gasteiger partial charge in [0.15, 0.2) is 0 Å². The lowest BCUT2D eigenvalue weighted by atomic mass is 9.90. The first kappa shape index (κ1) is 35.2. The Hall–Kier alpha value is -7.72. The summed E-state index contributed by atoms with van der Waals surface area (Å²) in [5.74, 6) is 1.73. The van der Waals surface area contributed by atoms with E-state index in [1.54, 1.807) is 0 Å². The first-order valence-electron chi connectivity index (χ1n) is 20.7. The Bertz CT molecular complexity index is 3420. The van der Waals surface area contributed by atoms with Crippen LogP contribution in [0.15, 0.2) is 224 Å². The maximum Gasteiger partial charge on any atom is 0.143 e. The molecule has 11 aromatic rings. The number of thiophene rings is 1. The monoisotopic (exact) mass is 795 g/mol. The summed E-state index contributed by atoms with van der Waals surface area (Å²) in [5.41, 5.74) is 15.0. The summed E-state index contributed by atoms with van der Waals surface area (Å²) in [5, 5.41) is 4.80. The van der Waals surface area contributed by atoms with Crippen molar-refractivity contribution in [3.8, 4) is 67.1 Å². The zero-order valence-electron chi connectivity index (χ0n) is 33.1. The Morgan fingerprint density at radius 1 is 0.328 bits per heavy atom. The van der Waals surface area contributed by atoms with Gasteiger partial charge in [-0.15, -0.1) is 11.3 Å². The second-order valence-electron chi connectivity index (χ2n) is 15.6. The third kappa shape index (κ3) is 6.09. The molecule has 286 valence electrons. The highest BCUT2D eigenvalue weighted by molar-refractivity contribution is 7.26. The van der Waals surface area contributed by atoms with Crippen molar-refractivity contribution in [2.75, 3.05) is 4.90 Å². The molecule has 0 N–H and O–H groups in total. The summed E-state index contributed by atoms with van der Waals surface area (Å²) in [6, 6.07) is 81.0. The van der Waals surface area contributed by atoms with Crippen molar-refractivity contribution in [3.05, 3.63) is 224 Å². The minimum Gasteiger partial charge on any atom is -0.455 e. The van der Waals surface area contributed by atoms with Crippen LogP contribution in [0.3, 0.4) is 0 Å². The lowest BCUT2D eigenvalue weighted by Gasteiger charge is -2.26. The fourth-order valence-corrected chi connectivity index (χ4v) is 10.3. The van der Waals surface area contributed by atoms with Gasteiger partial charge in [-0.2, -0.15) is 0 Å². The second-order valence-corrected chi connectivity index (χ2v) is 16.7. The summed E-state index contributed by atoms with van der Waals surface area (Å²) in [6.07, 6.45) is 0. The van der Waals surface area contributed by atoms with Gasteiger partial charge < -0.3 is 9.64 Å². The molecule has 0 saturated heterocycles. The Kier molecular flexibility index (Phi) is 8.39. The summed E-state index contributed by atoms with van der Waals surface area (Å²) < 4.78 is 9.60. The second kappa shape index (κ2) is 14.5. The Labute approximate surface area is 358 Å². The van der Waals surface area contributed by atoms with Gasteiger partial charge in [0.05, 0.1) is 0 Å². The van der Waals surface area contributed by atoms with E-state index in [9.17, 15) is 0 Å². The van der Waals surface area contributed by atoms with E-state index in [0.29, 0.717) is 0 Å². The highest BCUT2D eigenvalue weighted by Gasteiger charge is 2.24. The standard InChI is InChI=1S/C58H37NOS/c1-3-12-38(13-4-1)40-22-28-44(29-23-40)59(45-30-24-41(25-31-45)48-18-11-19-53-51-17-8-10-21-56(51)61-58(48)53)46-32-35-47-43(36-46)27-34-52-49-33-26-42(39-14-5-2-6-15-39)37-54(49)50-16-7-9-20-55(50)60-57(47)52/h1-37H. The fraction of sp³-hybridized carbons (Fsp3) is 0. The number of hydrogen-bond donors (Lipinski definition) is 0. The van der Waals surface area contributed by atoms with Gasteiger partial charge in [0.1, 0.15) is 11.5 Å². The molecule has 3 heteroatoms. The molecule has 1 aliphatic heterocycles. The van der Waals surface area contributed by atoms with E-state index in [4.69, 9.17) is 4.74 Å². The average Bonchev–Trinajstić information content (AvgIpc) is 3.65. The molecule has 1 aliphatic rings. The van der Waals surface area contributed by atoms with Gasteiger partial charge in [-0.25, -0.2) is 0 Å². The number of hydrogen-bond acceptors (Lipinski definition) is 3. The topological polar surface area (TPSA) is 12.5 Å². The third-order valence-electron chi connectivity index (χ3n) is 12.1. The molecular formula is C58H37NOS. The third-order valence-corrected chi connectivity index (χ3v) is 13.3. The SMILES string of the molecule is c1ccc(-c2ccc(N(c3ccc(-c4cccc5c4sc4ccccc45)cc3)c3ccc4c5c(ccc4c3)-c3ccc(-c4ccccc4)cc3-c3ccccc3O5)cc2)cc1. The van der Waals surface area contributed by atoms with Gasteiger partial charge in [0.25, 0.3) is 0 Å². The van der Waals surface area contributed by atoms with Crippen LogP contribution in [0.1, 0.15) is 0 Å². The van der Waals surface area contributed by atoms with Crippen molar-refractivity contribution in [1.29, 1.82) is 0 Å². The number of benzene rings is 10. The van der Waals surface area contributed by atoms with Gasteiger partial charge in [-0.3, -0.25) is 0 Å². The number of ether oxygens (including phenoxy) is 1. The van der Waals surface area contributed by atoms with E-state index >= 15 is 0 Å². The van der Waals surface area contributed by atoms with Crippen molar-refractivity contribution in [3.63, 3.8) is 0 Å².